The normalized spacial score (nSPS) is 32.4. The second kappa shape index (κ2) is 4.01. The van der Waals surface area contributed by atoms with Crippen LogP contribution in [0.15, 0.2) is 16.7 Å². The molecule has 2 aliphatic rings. The smallest absolute Gasteiger partial charge is 0.143 e. The molecule has 0 bridgehead atoms. The Labute approximate surface area is 102 Å². The van der Waals surface area contributed by atoms with Crippen LogP contribution in [0.25, 0.3) is 0 Å². The number of furan rings is 1. The van der Waals surface area contributed by atoms with Crippen molar-refractivity contribution in [3.8, 4) is 0 Å². The second-order valence-electron chi connectivity index (χ2n) is 5.90. The Morgan fingerprint density at radius 2 is 2.12 bits per heavy atom. The zero-order valence-corrected chi connectivity index (χ0v) is 10.6. The van der Waals surface area contributed by atoms with E-state index in [9.17, 15) is 4.79 Å². The van der Waals surface area contributed by atoms with Crippen molar-refractivity contribution in [1.29, 1.82) is 0 Å². The van der Waals surface area contributed by atoms with Crippen molar-refractivity contribution >= 4 is 5.78 Å². The summed E-state index contributed by atoms with van der Waals surface area (Å²) in [6.07, 6.45) is 5.81. The number of fused-ring (bicyclic) bond motifs is 3. The molecule has 0 aromatic carbocycles. The first kappa shape index (κ1) is 11.1. The summed E-state index contributed by atoms with van der Waals surface area (Å²) in [5, 5.41) is 0. The number of hydrogen-bond donors (Lipinski definition) is 0. The van der Waals surface area contributed by atoms with Crippen LogP contribution in [0, 0.1) is 17.8 Å². The highest BCUT2D eigenvalue weighted by Gasteiger charge is 2.44. The van der Waals surface area contributed by atoms with E-state index in [1.807, 2.05) is 6.07 Å². The molecule has 1 aromatic heterocycles. The Morgan fingerprint density at radius 3 is 2.88 bits per heavy atom. The first-order chi connectivity index (χ1) is 8.18. The van der Waals surface area contributed by atoms with Crippen LogP contribution in [0.2, 0.25) is 0 Å². The molecule has 3 atom stereocenters. The van der Waals surface area contributed by atoms with Gasteiger partial charge in [-0.1, -0.05) is 13.8 Å². The quantitative estimate of drug-likeness (QED) is 0.741. The standard InChI is InChI=1S/C15H20O2/c1-9(2)11-5-6-13(16)14-12(11)4-3-10-7-8-17-15(10)14/h7-9,11-12,14H,3-6H2,1-2H3/t11-,12-,14-/m1/s1. The first-order valence-corrected chi connectivity index (χ1v) is 6.77. The number of carbonyl (C=O) groups excluding carboxylic acids is 1. The molecule has 0 saturated heterocycles. The molecule has 17 heavy (non-hydrogen) atoms. The van der Waals surface area contributed by atoms with E-state index in [1.54, 1.807) is 6.26 Å². The fourth-order valence-electron chi connectivity index (χ4n) is 3.86. The molecule has 0 N–H and O–H groups in total. The molecule has 1 saturated carbocycles. The van der Waals surface area contributed by atoms with E-state index >= 15 is 0 Å². The summed E-state index contributed by atoms with van der Waals surface area (Å²) in [7, 11) is 0. The monoisotopic (exact) mass is 232 g/mol. The van der Waals surface area contributed by atoms with Crippen LogP contribution >= 0.6 is 0 Å². The van der Waals surface area contributed by atoms with Gasteiger partial charge in [0, 0.05) is 6.42 Å². The van der Waals surface area contributed by atoms with E-state index in [0.29, 0.717) is 23.5 Å². The Morgan fingerprint density at radius 1 is 1.29 bits per heavy atom. The maximum absolute atomic E-state index is 12.2. The highest BCUT2D eigenvalue weighted by molar-refractivity contribution is 5.87. The molecule has 2 nitrogen and oxygen atoms in total. The SMILES string of the molecule is CC(C)[C@H]1CCC(=O)[C@@H]2c3occc3CC[C@@H]21. The van der Waals surface area contributed by atoms with Crippen molar-refractivity contribution in [3.05, 3.63) is 23.7 Å². The minimum absolute atomic E-state index is 0.0647. The Bertz CT molecular complexity index is 430. The van der Waals surface area contributed by atoms with Crippen LogP contribution in [-0.2, 0) is 11.2 Å². The van der Waals surface area contributed by atoms with Gasteiger partial charge < -0.3 is 4.42 Å². The Balaban J connectivity index is 1.99. The largest absolute Gasteiger partial charge is 0.468 e. The molecule has 0 aliphatic heterocycles. The van der Waals surface area contributed by atoms with Crippen LogP contribution in [0.3, 0.4) is 0 Å². The molecule has 0 spiro atoms. The van der Waals surface area contributed by atoms with Gasteiger partial charge in [0.05, 0.1) is 12.2 Å². The van der Waals surface area contributed by atoms with Crippen molar-refractivity contribution in [2.75, 3.05) is 0 Å². The number of ketones is 1. The average molecular weight is 232 g/mol. The van der Waals surface area contributed by atoms with Crippen LogP contribution in [0.1, 0.15) is 50.4 Å². The minimum atomic E-state index is 0.0647. The van der Waals surface area contributed by atoms with Crippen molar-refractivity contribution in [2.24, 2.45) is 17.8 Å². The molecular weight excluding hydrogens is 212 g/mol. The van der Waals surface area contributed by atoms with Crippen molar-refractivity contribution < 1.29 is 9.21 Å². The highest BCUT2D eigenvalue weighted by Crippen LogP contribution is 2.48. The lowest BCUT2D eigenvalue weighted by atomic mass is 9.62. The maximum atomic E-state index is 12.2. The van der Waals surface area contributed by atoms with Crippen molar-refractivity contribution in [2.45, 2.75) is 45.4 Å². The predicted octanol–water partition coefficient (Wildman–Crippen LogP) is 3.56. The van der Waals surface area contributed by atoms with E-state index in [1.165, 1.54) is 5.56 Å². The summed E-state index contributed by atoms with van der Waals surface area (Å²) in [5.41, 5.74) is 1.27. The van der Waals surface area contributed by atoms with E-state index in [4.69, 9.17) is 4.42 Å². The summed E-state index contributed by atoms with van der Waals surface area (Å²) in [6.45, 7) is 4.57. The van der Waals surface area contributed by atoms with Crippen LogP contribution in [-0.4, -0.2) is 5.78 Å². The molecule has 1 fully saturated rings. The van der Waals surface area contributed by atoms with Gasteiger partial charge in [-0.3, -0.25) is 4.79 Å². The fourth-order valence-corrected chi connectivity index (χ4v) is 3.86. The molecule has 2 heteroatoms. The van der Waals surface area contributed by atoms with Gasteiger partial charge in [0.1, 0.15) is 11.5 Å². The average Bonchev–Trinajstić information content (AvgIpc) is 2.76. The number of rotatable bonds is 1. The lowest BCUT2D eigenvalue weighted by molar-refractivity contribution is -0.126. The summed E-state index contributed by atoms with van der Waals surface area (Å²) < 4.78 is 5.60. The number of Topliss-reactive ketones (excluding diaryl/α,β-unsaturated/α-hetero) is 1. The summed E-state index contributed by atoms with van der Waals surface area (Å²) in [4.78, 5) is 12.2. The molecule has 3 rings (SSSR count). The van der Waals surface area contributed by atoms with Gasteiger partial charge in [-0.15, -0.1) is 0 Å². The van der Waals surface area contributed by atoms with Crippen LogP contribution in [0.5, 0.6) is 0 Å². The number of hydrogen-bond acceptors (Lipinski definition) is 2. The molecule has 1 aromatic rings. The van der Waals surface area contributed by atoms with E-state index in [2.05, 4.69) is 13.8 Å². The van der Waals surface area contributed by atoms with Crippen molar-refractivity contribution in [1.82, 2.24) is 0 Å². The topological polar surface area (TPSA) is 30.2 Å². The molecule has 92 valence electrons. The zero-order chi connectivity index (χ0) is 12.0. The highest BCUT2D eigenvalue weighted by atomic mass is 16.3. The molecule has 0 unspecified atom stereocenters. The van der Waals surface area contributed by atoms with Gasteiger partial charge in [-0.2, -0.15) is 0 Å². The summed E-state index contributed by atoms with van der Waals surface area (Å²) in [5.74, 6) is 3.34. The van der Waals surface area contributed by atoms with Gasteiger partial charge in [-0.25, -0.2) is 0 Å². The lowest BCUT2D eigenvalue weighted by Gasteiger charge is -2.41. The van der Waals surface area contributed by atoms with Crippen molar-refractivity contribution in [3.63, 3.8) is 0 Å². The van der Waals surface area contributed by atoms with E-state index in [-0.39, 0.29) is 5.92 Å². The Hall–Kier alpha value is -1.05. The third-order valence-corrected chi connectivity index (χ3v) is 4.72. The number of carbonyl (C=O) groups is 1. The van der Waals surface area contributed by atoms with Gasteiger partial charge in [0.2, 0.25) is 0 Å². The second-order valence-corrected chi connectivity index (χ2v) is 5.90. The molecule has 2 aliphatic carbocycles. The van der Waals surface area contributed by atoms with Gasteiger partial charge >= 0.3 is 0 Å². The molecular formula is C15H20O2. The van der Waals surface area contributed by atoms with Crippen LogP contribution in [0.4, 0.5) is 0 Å². The number of aryl methyl sites for hydroxylation is 1. The van der Waals surface area contributed by atoms with Crippen LogP contribution < -0.4 is 0 Å². The first-order valence-electron chi connectivity index (χ1n) is 6.77. The van der Waals surface area contributed by atoms with Gasteiger partial charge in [0.15, 0.2) is 0 Å². The fraction of sp³-hybridized carbons (Fsp3) is 0.667. The summed E-state index contributed by atoms with van der Waals surface area (Å²) >= 11 is 0. The van der Waals surface area contributed by atoms with E-state index in [0.717, 1.165) is 31.4 Å². The van der Waals surface area contributed by atoms with Gasteiger partial charge in [-0.05, 0) is 48.6 Å². The predicted molar refractivity (Wildman–Crippen MR) is 65.8 cm³/mol. The molecule has 1 heterocycles. The zero-order valence-electron chi connectivity index (χ0n) is 10.6. The van der Waals surface area contributed by atoms with E-state index < -0.39 is 0 Å². The molecule has 0 radical (unpaired) electrons. The lowest BCUT2D eigenvalue weighted by Crippen LogP contribution is -2.38. The van der Waals surface area contributed by atoms with Gasteiger partial charge in [0.25, 0.3) is 0 Å². The third-order valence-electron chi connectivity index (χ3n) is 4.72. The maximum Gasteiger partial charge on any atom is 0.143 e. The summed E-state index contributed by atoms with van der Waals surface area (Å²) in [6, 6.07) is 2.04. The minimum Gasteiger partial charge on any atom is -0.468 e. The Kier molecular flexibility index (Phi) is 2.61. The molecule has 0 amide bonds. The third kappa shape index (κ3) is 1.65.